The van der Waals surface area contributed by atoms with Gasteiger partial charge in [-0.25, -0.2) is 4.39 Å². The average Bonchev–Trinajstić information content (AvgIpc) is 2.72. The number of rotatable bonds is 5. The van der Waals surface area contributed by atoms with Crippen LogP contribution in [0.15, 0.2) is 53.8 Å². The highest BCUT2D eigenvalue weighted by Gasteiger charge is 2.21. The number of anilines is 1. The Hall–Kier alpha value is -2.67. The number of piperazine rings is 1. The van der Waals surface area contributed by atoms with Gasteiger partial charge < -0.3 is 20.2 Å². The molecule has 1 fully saturated rings. The number of aliphatic hydroxyl groups excluding tert-OH is 1. The van der Waals surface area contributed by atoms with Crippen LogP contribution in [0.25, 0.3) is 0 Å². The molecule has 6 nitrogen and oxygen atoms in total. The largest absolute Gasteiger partial charge is 0.386 e. The quantitative estimate of drug-likeness (QED) is 0.622. The summed E-state index contributed by atoms with van der Waals surface area (Å²) in [5.74, 6) is 0.589. The molecule has 27 heavy (non-hydrogen) atoms. The number of para-hydroxylation sites is 1. The van der Waals surface area contributed by atoms with E-state index in [1.54, 1.807) is 30.6 Å². The fourth-order valence-electron chi connectivity index (χ4n) is 3.16. The van der Waals surface area contributed by atoms with Gasteiger partial charge in [-0.1, -0.05) is 12.1 Å². The van der Waals surface area contributed by atoms with E-state index >= 15 is 0 Å². The Kier molecular flexibility index (Phi) is 6.59. The Morgan fingerprint density at radius 1 is 1.19 bits per heavy atom. The number of guanidine groups is 1. The van der Waals surface area contributed by atoms with Crippen molar-refractivity contribution in [2.75, 3.05) is 44.2 Å². The van der Waals surface area contributed by atoms with Gasteiger partial charge in [-0.2, -0.15) is 0 Å². The number of halogens is 1. The first kappa shape index (κ1) is 19.1. The first-order chi connectivity index (χ1) is 13.2. The van der Waals surface area contributed by atoms with E-state index < -0.39 is 6.10 Å². The second kappa shape index (κ2) is 9.32. The summed E-state index contributed by atoms with van der Waals surface area (Å²) in [6.07, 6.45) is 2.66. The van der Waals surface area contributed by atoms with Gasteiger partial charge in [-0.3, -0.25) is 9.98 Å². The molecule has 2 heterocycles. The number of hydrogen-bond donors (Lipinski definition) is 2. The summed E-state index contributed by atoms with van der Waals surface area (Å²) < 4.78 is 14.0. The van der Waals surface area contributed by atoms with Crippen LogP contribution in [0.1, 0.15) is 18.6 Å². The van der Waals surface area contributed by atoms with Crippen molar-refractivity contribution in [2.24, 2.45) is 4.99 Å². The molecule has 7 heteroatoms. The maximum absolute atomic E-state index is 14.0. The fourth-order valence-corrected chi connectivity index (χ4v) is 3.16. The van der Waals surface area contributed by atoms with Crippen LogP contribution in [0.2, 0.25) is 0 Å². The zero-order chi connectivity index (χ0) is 19.1. The molecule has 0 spiro atoms. The Morgan fingerprint density at radius 2 is 1.89 bits per heavy atom. The van der Waals surface area contributed by atoms with Crippen molar-refractivity contribution in [2.45, 2.75) is 13.0 Å². The molecule has 0 radical (unpaired) electrons. The number of nitrogens with zero attached hydrogens (tertiary/aromatic N) is 4. The van der Waals surface area contributed by atoms with Crippen molar-refractivity contribution in [3.63, 3.8) is 0 Å². The summed E-state index contributed by atoms with van der Waals surface area (Å²) in [4.78, 5) is 12.8. The van der Waals surface area contributed by atoms with E-state index in [-0.39, 0.29) is 12.4 Å². The van der Waals surface area contributed by atoms with E-state index in [4.69, 9.17) is 0 Å². The van der Waals surface area contributed by atoms with Gasteiger partial charge in [-0.05, 0) is 36.8 Å². The molecule has 1 unspecified atom stereocenters. The average molecular weight is 371 g/mol. The minimum atomic E-state index is -0.665. The highest BCUT2D eigenvalue weighted by Crippen LogP contribution is 2.20. The van der Waals surface area contributed by atoms with Gasteiger partial charge in [0.2, 0.25) is 0 Å². The van der Waals surface area contributed by atoms with Gasteiger partial charge in [0.15, 0.2) is 5.96 Å². The SMILES string of the molecule is CCNC(=NCC(O)c1ccncc1)N1CCN(c2ccccc2F)CC1. The molecular formula is C20H26FN5O. The molecule has 1 saturated heterocycles. The minimum absolute atomic E-state index is 0.188. The van der Waals surface area contributed by atoms with Crippen LogP contribution in [0.3, 0.4) is 0 Å². The molecule has 2 N–H and O–H groups in total. The number of aliphatic hydroxyl groups is 1. The van der Waals surface area contributed by atoms with Gasteiger partial charge in [0, 0.05) is 45.1 Å². The molecule has 1 aromatic heterocycles. The summed E-state index contributed by atoms with van der Waals surface area (Å²) in [6.45, 7) is 5.97. The van der Waals surface area contributed by atoms with Gasteiger partial charge in [-0.15, -0.1) is 0 Å². The molecule has 144 valence electrons. The molecule has 0 bridgehead atoms. The van der Waals surface area contributed by atoms with E-state index in [0.29, 0.717) is 5.69 Å². The van der Waals surface area contributed by atoms with Crippen LogP contribution >= 0.6 is 0 Å². The van der Waals surface area contributed by atoms with Gasteiger partial charge in [0.25, 0.3) is 0 Å². The molecule has 1 aliphatic heterocycles. The van der Waals surface area contributed by atoms with Crippen molar-refractivity contribution < 1.29 is 9.50 Å². The van der Waals surface area contributed by atoms with E-state index in [1.165, 1.54) is 6.07 Å². The Balaban J connectivity index is 1.61. The summed E-state index contributed by atoms with van der Waals surface area (Å²) in [5, 5.41) is 13.6. The van der Waals surface area contributed by atoms with Crippen molar-refractivity contribution in [1.29, 1.82) is 0 Å². The molecule has 1 aromatic carbocycles. The molecule has 0 amide bonds. The third kappa shape index (κ3) is 4.95. The van der Waals surface area contributed by atoms with E-state index in [9.17, 15) is 9.50 Å². The maximum Gasteiger partial charge on any atom is 0.194 e. The lowest BCUT2D eigenvalue weighted by Gasteiger charge is -2.37. The predicted molar refractivity (Wildman–Crippen MR) is 105 cm³/mol. The number of benzene rings is 1. The minimum Gasteiger partial charge on any atom is -0.386 e. The zero-order valence-electron chi connectivity index (χ0n) is 15.6. The molecule has 1 aliphatic rings. The molecule has 2 aromatic rings. The zero-order valence-corrected chi connectivity index (χ0v) is 15.6. The lowest BCUT2D eigenvalue weighted by molar-refractivity contribution is 0.186. The highest BCUT2D eigenvalue weighted by molar-refractivity contribution is 5.80. The van der Waals surface area contributed by atoms with Crippen LogP contribution in [0.5, 0.6) is 0 Å². The summed E-state index contributed by atoms with van der Waals surface area (Å²) in [7, 11) is 0. The summed E-state index contributed by atoms with van der Waals surface area (Å²) >= 11 is 0. The van der Waals surface area contributed by atoms with Crippen molar-refractivity contribution in [3.05, 3.63) is 60.2 Å². The highest BCUT2D eigenvalue weighted by atomic mass is 19.1. The fraction of sp³-hybridized carbons (Fsp3) is 0.400. The van der Waals surface area contributed by atoms with Crippen molar-refractivity contribution >= 4 is 11.6 Å². The Bertz CT molecular complexity index is 747. The van der Waals surface area contributed by atoms with E-state index in [1.807, 2.05) is 19.1 Å². The second-order valence-corrected chi connectivity index (χ2v) is 6.42. The lowest BCUT2D eigenvalue weighted by atomic mass is 10.1. The predicted octanol–water partition coefficient (Wildman–Crippen LogP) is 2.04. The number of aromatic nitrogens is 1. The first-order valence-corrected chi connectivity index (χ1v) is 9.29. The molecule has 0 aliphatic carbocycles. The number of nitrogens with one attached hydrogen (secondary N) is 1. The third-order valence-electron chi connectivity index (χ3n) is 4.61. The van der Waals surface area contributed by atoms with Crippen LogP contribution in [-0.2, 0) is 0 Å². The molecular weight excluding hydrogens is 345 g/mol. The standard InChI is InChI=1S/C20H26FN5O/c1-2-23-20(24-15-19(27)16-7-9-22-10-8-16)26-13-11-25(12-14-26)18-6-4-3-5-17(18)21/h3-10,19,27H,2,11-15H2,1H3,(H,23,24). The summed E-state index contributed by atoms with van der Waals surface area (Å²) in [6, 6.07) is 10.5. The van der Waals surface area contributed by atoms with Crippen LogP contribution in [-0.4, -0.2) is 60.2 Å². The second-order valence-electron chi connectivity index (χ2n) is 6.42. The third-order valence-corrected chi connectivity index (χ3v) is 4.61. The van der Waals surface area contributed by atoms with Crippen molar-refractivity contribution in [3.8, 4) is 0 Å². The lowest BCUT2D eigenvalue weighted by Crippen LogP contribution is -2.52. The van der Waals surface area contributed by atoms with Gasteiger partial charge in [0.1, 0.15) is 5.82 Å². The summed E-state index contributed by atoms with van der Waals surface area (Å²) in [5.41, 5.74) is 1.45. The molecule has 3 rings (SSSR count). The van der Waals surface area contributed by atoms with E-state index in [0.717, 1.165) is 44.2 Å². The van der Waals surface area contributed by atoms with Crippen LogP contribution in [0.4, 0.5) is 10.1 Å². The molecule has 0 saturated carbocycles. The van der Waals surface area contributed by atoms with Crippen LogP contribution < -0.4 is 10.2 Å². The smallest absolute Gasteiger partial charge is 0.194 e. The normalized spacial score (nSPS) is 16.3. The van der Waals surface area contributed by atoms with Gasteiger partial charge in [0.05, 0.1) is 18.3 Å². The van der Waals surface area contributed by atoms with E-state index in [2.05, 4.69) is 25.1 Å². The molecule has 1 atom stereocenters. The Labute approximate surface area is 159 Å². The number of hydrogen-bond acceptors (Lipinski definition) is 4. The number of pyridine rings is 1. The number of aliphatic imine (C=N–C) groups is 1. The Morgan fingerprint density at radius 3 is 2.56 bits per heavy atom. The van der Waals surface area contributed by atoms with Crippen molar-refractivity contribution in [1.82, 2.24) is 15.2 Å². The maximum atomic E-state index is 14.0. The van der Waals surface area contributed by atoms with Gasteiger partial charge >= 0.3 is 0 Å². The first-order valence-electron chi connectivity index (χ1n) is 9.29. The van der Waals surface area contributed by atoms with Crippen LogP contribution in [0, 0.1) is 5.82 Å². The monoisotopic (exact) mass is 371 g/mol. The topological polar surface area (TPSA) is 64.0 Å².